The summed E-state index contributed by atoms with van der Waals surface area (Å²) in [4.78, 5) is 0. The molecule has 0 bridgehead atoms. The van der Waals surface area contributed by atoms with Gasteiger partial charge in [0.05, 0.1) is 28.1 Å². The minimum Gasteiger partial charge on any atom is -0.309 e. The van der Waals surface area contributed by atoms with Crippen molar-refractivity contribution in [1.82, 2.24) is 14.5 Å². The van der Waals surface area contributed by atoms with E-state index in [9.17, 15) is 0 Å². The van der Waals surface area contributed by atoms with E-state index in [1.807, 2.05) is 13.8 Å². The van der Waals surface area contributed by atoms with E-state index < -0.39 is 0 Å². The Balaban J connectivity index is 0.00000177. The lowest BCUT2D eigenvalue weighted by Crippen LogP contribution is -2.30. The largest absolute Gasteiger partial charge is 0.309 e. The van der Waals surface area contributed by atoms with Crippen LogP contribution in [0.1, 0.15) is 39.2 Å². The van der Waals surface area contributed by atoms with Crippen LogP contribution in [0, 0.1) is 0 Å². The van der Waals surface area contributed by atoms with Gasteiger partial charge in [-0.25, -0.2) is 0 Å². The number of rotatable bonds is 6. The minimum atomic E-state index is 0.175. The Labute approximate surface area is 294 Å². The van der Waals surface area contributed by atoms with Crippen LogP contribution in [-0.2, 0) is 6.54 Å². The molecule has 1 N–H and O–H groups in total. The standard InChI is InChI=1S/C45H37N3.C2H6/c1-31(33-16-4-2-5-17-33)36-21-8-11-24-41(36)46-30-32-15-14-20-35(27-32)48-43-26-13-10-23-38(43)40-28-44-39(29-45(40)48)37-22-9-12-25-42(37)47(44)34-18-6-3-7-19-34;1-2/h2-4,6-16,18-29,41,46H,5,17,30H2,1H3;1-2H3/b36-31+;. The summed E-state index contributed by atoms with van der Waals surface area (Å²) in [5.41, 5.74) is 12.7. The van der Waals surface area contributed by atoms with Crippen molar-refractivity contribution in [2.24, 2.45) is 0 Å². The van der Waals surface area contributed by atoms with Crippen LogP contribution in [0.5, 0.6) is 0 Å². The van der Waals surface area contributed by atoms with Crippen LogP contribution in [0.2, 0.25) is 0 Å². The van der Waals surface area contributed by atoms with E-state index in [0.717, 1.165) is 19.4 Å². The van der Waals surface area contributed by atoms with Crippen molar-refractivity contribution in [3.63, 3.8) is 0 Å². The molecule has 50 heavy (non-hydrogen) atoms. The van der Waals surface area contributed by atoms with Crippen LogP contribution in [-0.4, -0.2) is 15.2 Å². The van der Waals surface area contributed by atoms with Crippen molar-refractivity contribution in [1.29, 1.82) is 0 Å². The van der Waals surface area contributed by atoms with Crippen LogP contribution in [0.15, 0.2) is 175 Å². The van der Waals surface area contributed by atoms with Crippen LogP contribution in [0.3, 0.4) is 0 Å². The SMILES string of the molecule is C/C(C1=CC=CCC1)=C1/C=CC=CC1NCc1cccc(-n2c3ccccc3c3cc4c(cc32)c2ccccc2n4-c2ccccc2)c1.CC. The Kier molecular flexibility index (Phi) is 8.66. The third kappa shape index (κ3) is 5.54. The molecule has 5 aromatic carbocycles. The van der Waals surface area contributed by atoms with Gasteiger partial charge in [-0.2, -0.15) is 0 Å². The van der Waals surface area contributed by atoms with Gasteiger partial charge < -0.3 is 14.5 Å². The average molecular weight is 650 g/mol. The van der Waals surface area contributed by atoms with Crippen LogP contribution in [0.25, 0.3) is 55.0 Å². The molecule has 0 aliphatic heterocycles. The highest BCUT2D eigenvalue weighted by Gasteiger charge is 2.19. The van der Waals surface area contributed by atoms with Gasteiger partial charge in [0.15, 0.2) is 0 Å². The lowest BCUT2D eigenvalue weighted by atomic mass is 9.89. The molecule has 0 fully saturated rings. The first-order chi connectivity index (χ1) is 24.7. The number of benzene rings is 5. The fourth-order valence-corrected chi connectivity index (χ4v) is 7.78. The number of hydrogen-bond acceptors (Lipinski definition) is 1. The molecule has 1 atom stereocenters. The second-order valence-corrected chi connectivity index (χ2v) is 12.9. The van der Waals surface area contributed by atoms with Gasteiger partial charge in [-0.05, 0) is 90.6 Å². The summed E-state index contributed by atoms with van der Waals surface area (Å²) in [6.07, 6.45) is 17.8. The van der Waals surface area contributed by atoms with Gasteiger partial charge >= 0.3 is 0 Å². The van der Waals surface area contributed by atoms with E-state index in [1.54, 1.807) is 0 Å². The zero-order valence-corrected chi connectivity index (χ0v) is 29.1. The fraction of sp³-hybridized carbons (Fsp3) is 0.149. The lowest BCUT2D eigenvalue weighted by Gasteiger charge is -2.23. The highest BCUT2D eigenvalue weighted by Crippen LogP contribution is 2.39. The maximum Gasteiger partial charge on any atom is 0.0548 e. The van der Waals surface area contributed by atoms with Gasteiger partial charge in [0.2, 0.25) is 0 Å². The molecular formula is C47H43N3. The Morgan fingerprint density at radius 1 is 0.640 bits per heavy atom. The Hall–Kier alpha value is -5.64. The summed E-state index contributed by atoms with van der Waals surface area (Å²) in [7, 11) is 0. The number of aromatic nitrogens is 2. The van der Waals surface area contributed by atoms with E-state index in [-0.39, 0.29) is 6.04 Å². The van der Waals surface area contributed by atoms with E-state index >= 15 is 0 Å². The van der Waals surface area contributed by atoms with Gasteiger partial charge in [0.25, 0.3) is 0 Å². The molecule has 246 valence electrons. The van der Waals surface area contributed by atoms with Gasteiger partial charge in [0, 0.05) is 39.5 Å². The quantitative estimate of drug-likeness (QED) is 0.190. The minimum absolute atomic E-state index is 0.175. The van der Waals surface area contributed by atoms with Crippen LogP contribution >= 0.6 is 0 Å². The number of allylic oxidation sites excluding steroid dienone is 7. The molecule has 0 amide bonds. The molecule has 2 aliphatic carbocycles. The summed E-state index contributed by atoms with van der Waals surface area (Å²) in [6, 6.07) is 42.3. The lowest BCUT2D eigenvalue weighted by molar-refractivity contribution is 0.653. The van der Waals surface area contributed by atoms with Crippen molar-refractivity contribution in [2.45, 2.75) is 46.2 Å². The molecule has 1 unspecified atom stereocenters. The van der Waals surface area contributed by atoms with Crippen molar-refractivity contribution < 1.29 is 0 Å². The van der Waals surface area contributed by atoms with Gasteiger partial charge in [-0.1, -0.05) is 123 Å². The monoisotopic (exact) mass is 649 g/mol. The van der Waals surface area contributed by atoms with Gasteiger partial charge in [-0.3, -0.25) is 0 Å². The number of nitrogens with zero attached hydrogens (tertiary/aromatic N) is 2. The predicted octanol–water partition coefficient (Wildman–Crippen LogP) is 12.1. The second-order valence-electron chi connectivity index (χ2n) is 12.9. The zero-order valence-electron chi connectivity index (χ0n) is 29.1. The molecule has 2 heterocycles. The van der Waals surface area contributed by atoms with Gasteiger partial charge in [0.1, 0.15) is 0 Å². The predicted molar refractivity (Wildman–Crippen MR) is 215 cm³/mol. The molecule has 0 radical (unpaired) electrons. The van der Waals surface area contributed by atoms with Crippen molar-refractivity contribution in [3.05, 3.63) is 180 Å². The Bertz CT molecular complexity index is 2510. The second kappa shape index (κ2) is 13.7. The Morgan fingerprint density at radius 3 is 1.96 bits per heavy atom. The van der Waals surface area contributed by atoms with E-state index in [0.29, 0.717) is 0 Å². The molecule has 3 heteroatoms. The van der Waals surface area contributed by atoms with Gasteiger partial charge in [-0.15, -0.1) is 0 Å². The van der Waals surface area contributed by atoms with Crippen LogP contribution in [0.4, 0.5) is 0 Å². The molecular weight excluding hydrogens is 607 g/mol. The Morgan fingerprint density at radius 2 is 1.28 bits per heavy atom. The summed E-state index contributed by atoms with van der Waals surface area (Å²) in [5, 5.41) is 8.92. The number of nitrogens with one attached hydrogen (secondary N) is 1. The molecule has 2 aliphatic rings. The number of hydrogen-bond donors (Lipinski definition) is 1. The van der Waals surface area contributed by atoms with Crippen molar-refractivity contribution in [3.8, 4) is 11.4 Å². The maximum atomic E-state index is 3.86. The summed E-state index contributed by atoms with van der Waals surface area (Å²) >= 11 is 0. The number of fused-ring (bicyclic) bond motifs is 6. The third-order valence-corrected chi connectivity index (χ3v) is 10.1. The molecule has 0 saturated carbocycles. The van der Waals surface area contributed by atoms with Crippen LogP contribution < -0.4 is 5.32 Å². The smallest absolute Gasteiger partial charge is 0.0548 e. The zero-order chi connectivity index (χ0) is 34.0. The first-order valence-corrected chi connectivity index (χ1v) is 18.0. The first kappa shape index (κ1) is 31.6. The molecule has 2 aromatic heterocycles. The topological polar surface area (TPSA) is 21.9 Å². The highest BCUT2D eigenvalue weighted by atomic mass is 15.0. The normalized spacial score (nSPS) is 16.6. The third-order valence-electron chi connectivity index (χ3n) is 10.1. The fourth-order valence-electron chi connectivity index (χ4n) is 7.78. The molecule has 3 nitrogen and oxygen atoms in total. The summed E-state index contributed by atoms with van der Waals surface area (Å²) < 4.78 is 4.85. The number of para-hydroxylation sites is 3. The van der Waals surface area contributed by atoms with E-state index in [4.69, 9.17) is 0 Å². The van der Waals surface area contributed by atoms with Crippen molar-refractivity contribution in [2.75, 3.05) is 0 Å². The van der Waals surface area contributed by atoms with E-state index in [2.05, 4.69) is 179 Å². The summed E-state index contributed by atoms with van der Waals surface area (Å²) in [5.74, 6) is 0. The summed E-state index contributed by atoms with van der Waals surface area (Å²) in [6.45, 7) is 7.05. The maximum absolute atomic E-state index is 3.86. The first-order valence-electron chi connectivity index (χ1n) is 18.0. The molecule has 0 spiro atoms. The highest BCUT2D eigenvalue weighted by molar-refractivity contribution is 6.19. The average Bonchev–Trinajstić information content (AvgIpc) is 3.69. The van der Waals surface area contributed by atoms with E-state index in [1.165, 1.54) is 77.3 Å². The molecule has 7 aromatic rings. The molecule has 0 saturated heterocycles. The molecule has 9 rings (SSSR count). The van der Waals surface area contributed by atoms with Crippen molar-refractivity contribution >= 4 is 43.6 Å².